The summed E-state index contributed by atoms with van der Waals surface area (Å²) in [4.78, 5) is 30.7. The predicted octanol–water partition coefficient (Wildman–Crippen LogP) is 3.97. The van der Waals surface area contributed by atoms with E-state index >= 15 is 0 Å². The minimum absolute atomic E-state index is 0.0895. The molecule has 1 fully saturated rings. The molecule has 2 heterocycles. The van der Waals surface area contributed by atoms with Crippen molar-refractivity contribution in [3.8, 4) is 0 Å². The smallest absolute Gasteiger partial charge is 0.410 e. The first kappa shape index (κ1) is 24.2. The van der Waals surface area contributed by atoms with Crippen LogP contribution in [0.25, 0.3) is 0 Å². The van der Waals surface area contributed by atoms with Crippen molar-refractivity contribution in [2.75, 3.05) is 17.2 Å². The van der Waals surface area contributed by atoms with E-state index in [0.717, 1.165) is 18.4 Å². The molecule has 2 aromatic carbocycles. The first-order valence-electron chi connectivity index (χ1n) is 11.2. The zero-order valence-corrected chi connectivity index (χ0v) is 19.9. The van der Waals surface area contributed by atoms with Crippen LogP contribution < -0.4 is 16.4 Å². The molecule has 0 saturated carbocycles. The predicted molar refractivity (Wildman–Crippen MR) is 133 cm³/mol. The maximum Gasteiger partial charge on any atom is 0.410 e. The van der Waals surface area contributed by atoms with Crippen LogP contribution in [0.2, 0.25) is 5.02 Å². The lowest BCUT2D eigenvalue weighted by atomic mass is 9.98. The van der Waals surface area contributed by atoms with Crippen molar-refractivity contribution in [2.24, 2.45) is 5.73 Å². The Balaban J connectivity index is 1.45. The second kappa shape index (κ2) is 11.0. The Morgan fingerprint density at radius 3 is 2.60 bits per heavy atom. The van der Waals surface area contributed by atoms with Gasteiger partial charge in [-0.3, -0.25) is 4.79 Å². The molecule has 35 heavy (non-hydrogen) atoms. The van der Waals surface area contributed by atoms with Gasteiger partial charge in [-0.1, -0.05) is 41.9 Å². The molecule has 1 aromatic heterocycles. The number of carbonyl (C=O) groups excluding carboxylic acids is 2. The van der Waals surface area contributed by atoms with Crippen LogP contribution in [0.1, 0.15) is 35.8 Å². The number of anilines is 3. The zero-order chi connectivity index (χ0) is 24.8. The maximum atomic E-state index is 12.7. The molecular weight excluding hydrogens is 470 g/mol. The summed E-state index contributed by atoms with van der Waals surface area (Å²) >= 11 is 5.94. The van der Waals surface area contributed by atoms with E-state index in [4.69, 9.17) is 22.1 Å². The Labute approximate surface area is 207 Å². The van der Waals surface area contributed by atoms with E-state index in [9.17, 15) is 9.59 Å². The first-order valence-corrected chi connectivity index (χ1v) is 11.6. The minimum atomic E-state index is -0.758. The van der Waals surface area contributed by atoms with Gasteiger partial charge < -0.3 is 26.0 Å². The molecule has 4 N–H and O–H groups in total. The molecule has 0 unspecified atom stereocenters. The van der Waals surface area contributed by atoms with E-state index in [1.54, 1.807) is 29.2 Å². The molecule has 0 spiro atoms. The van der Waals surface area contributed by atoms with Gasteiger partial charge in [-0.05, 0) is 49.6 Å². The number of hydrogen-bond acceptors (Lipinski definition) is 8. The molecule has 1 aliphatic rings. The third kappa shape index (κ3) is 6.15. The molecule has 0 radical (unpaired) electrons. The van der Waals surface area contributed by atoms with E-state index in [-0.39, 0.29) is 42.2 Å². The number of benzene rings is 2. The summed E-state index contributed by atoms with van der Waals surface area (Å²) in [5.41, 5.74) is 6.94. The standard InChI is InChI=1S/C24H26ClN7O3/c1-15-19(8-5-13-32(15)24(34)35-14-16-6-3-2-4-7-16)28-23-29-22(20(21(26)33)30-31-23)27-18-11-9-17(25)10-12-18/h2-4,6-7,9-12,15,19H,5,8,13-14H2,1H3,(H2,26,33)(H2,27,28,29,31)/t15-,19-/m1/s1. The SMILES string of the molecule is C[C@@H]1[C@H](Nc2nnc(C(N)=O)c(Nc3ccc(Cl)cc3)n2)CCCN1C(=O)OCc1ccccc1. The van der Waals surface area contributed by atoms with Gasteiger partial charge >= 0.3 is 6.09 Å². The van der Waals surface area contributed by atoms with Gasteiger partial charge in [-0.25, -0.2) is 4.79 Å². The molecule has 10 nitrogen and oxygen atoms in total. The summed E-state index contributed by atoms with van der Waals surface area (Å²) in [6.07, 6.45) is 1.20. The minimum Gasteiger partial charge on any atom is -0.445 e. The second-order valence-corrected chi connectivity index (χ2v) is 8.63. The maximum absolute atomic E-state index is 12.7. The number of ether oxygens (including phenoxy) is 1. The number of hydrogen-bond donors (Lipinski definition) is 3. The fourth-order valence-corrected chi connectivity index (χ4v) is 4.00. The van der Waals surface area contributed by atoms with Crippen LogP contribution in [0, 0.1) is 0 Å². The average Bonchev–Trinajstić information content (AvgIpc) is 2.86. The van der Waals surface area contributed by atoms with Crippen molar-refractivity contribution in [1.82, 2.24) is 20.1 Å². The number of nitrogens with zero attached hydrogens (tertiary/aromatic N) is 4. The lowest BCUT2D eigenvalue weighted by molar-refractivity contribution is 0.0686. The number of likely N-dealkylation sites (tertiary alicyclic amines) is 1. The number of primary amides is 1. The van der Waals surface area contributed by atoms with E-state index in [2.05, 4.69) is 25.8 Å². The highest BCUT2D eigenvalue weighted by Crippen LogP contribution is 2.24. The van der Waals surface area contributed by atoms with Gasteiger partial charge in [0.2, 0.25) is 5.95 Å². The van der Waals surface area contributed by atoms with Gasteiger partial charge in [0.25, 0.3) is 5.91 Å². The highest BCUT2D eigenvalue weighted by atomic mass is 35.5. The lowest BCUT2D eigenvalue weighted by Gasteiger charge is -2.38. The summed E-state index contributed by atoms with van der Waals surface area (Å²) in [6, 6.07) is 16.1. The summed E-state index contributed by atoms with van der Waals surface area (Å²) in [6.45, 7) is 2.75. The summed E-state index contributed by atoms with van der Waals surface area (Å²) in [5, 5.41) is 14.8. The molecule has 0 aliphatic carbocycles. The number of piperidine rings is 1. The van der Waals surface area contributed by atoms with Crippen LogP contribution in [0.5, 0.6) is 0 Å². The second-order valence-electron chi connectivity index (χ2n) is 8.20. The summed E-state index contributed by atoms with van der Waals surface area (Å²) < 4.78 is 5.52. The van der Waals surface area contributed by atoms with Gasteiger partial charge in [0, 0.05) is 23.3 Å². The number of nitrogens with one attached hydrogen (secondary N) is 2. The molecule has 3 aromatic rings. The molecule has 182 valence electrons. The summed E-state index contributed by atoms with van der Waals surface area (Å²) in [5.74, 6) is -0.380. The van der Waals surface area contributed by atoms with Crippen LogP contribution in [0.4, 0.5) is 22.2 Å². The Hall–Kier alpha value is -3.92. The number of carbonyl (C=O) groups is 2. The normalized spacial score (nSPS) is 17.5. The van der Waals surface area contributed by atoms with Gasteiger partial charge in [0.15, 0.2) is 11.5 Å². The van der Waals surface area contributed by atoms with Crippen LogP contribution in [0.15, 0.2) is 54.6 Å². The van der Waals surface area contributed by atoms with Crippen LogP contribution in [0.3, 0.4) is 0 Å². The Bertz CT molecular complexity index is 1180. The monoisotopic (exact) mass is 495 g/mol. The van der Waals surface area contributed by atoms with Crippen molar-refractivity contribution >= 4 is 41.1 Å². The number of aromatic nitrogens is 3. The van der Waals surface area contributed by atoms with Gasteiger partial charge in [-0.2, -0.15) is 4.98 Å². The van der Waals surface area contributed by atoms with Crippen molar-refractivity contribution < 1.29 is 14.3 Å². The molecule has 4 rings (SSSR count). The largest absolute Gasteiger partial charge is 0.445 e. The van der Waals surface area contributed by atoms with Crippen LogP contribution >= 0.6 is 11.6 Å². The Morgan fingerprint density at radius 2 is 1.89 bits per heavy atom. The average molecular weight is 496 g/mol. The number of rotatable bonds is 7. The van der Waals surface area contributed by atoms with Crippen molar-refractivity contribution in [3.63, 3.8) is 0 Å². The molecule has 2 atom stereocenters. The van der Waals surface area contributed by atoms with Gasteiger partial charge in [0.05, 0.1) is 6.04 Å². The first-order chi connectivity index (χ1) is 16.9. The van der Waals surface area contributed by atoms with E-state index < -0.39 is 5.91 Å². The summed E-state index contributed by atoms with van der Waals surface area (Å²) in [7, 11) is 0. The fourth-order valence-electron chi connectivity index (χ4n) is 3.87. The molecule has 0 bridgehead atoms. The molecule has 11 heteroatoms. The van der Waals surface area contributed by atoms with Crippen molar-refractivity contribution in [2.45, 2.75) is 38.5 Å². The van der Waals surface area contributed by atoms with Crippen LogP contribution in [-0.4, -0.2) is 50.7 Å². The molecule has 1 saturated heterocycles. The van der Waals surface area contributed by atoms with Gasteiger partial charge in [0.1, 0.15) is 6.61 Å². The zero-order valence-electron chi connectivity index (χ0n) is 19.1. The molecule has 1 aliphatic heterocycles. The number of nitrogens with two attached hydrogens (primary N) is 1. The molecule has 2 amide bonds. The van der Waals surface area contributed by atoms with Crippen molar-refractivity contribution in [3.05, 3.63) is 70.9 Å². The Morgan fingerprint density at radius 1 is 1.14 bits per heavy atom. The van der Waals surface area contributed by atoms with E-state index in [1.165, 1.54) is 0 Å². The Kier molecular flexibility index (Phi) is 7.61. The van der Waals surface area contributed by atoms with Crippen LogP contribution in [-0.2, 0) is 11.3 Å². The highest BCUT2D eigenvalue weighted by molar-refractivity contribution is 6.30. The quantitative estimate of drug-likeness (QED) is 0.448. The number of amides is 2. The van der Waals surface area contributed by atoms with E-state index in [0.29, 0.717) is 17.3 Å². The van der Waals surface area contributed by atoms with E-state index in [1.807, 2.05) is 37.3 Å². The highest BCUT2D eigenvalue weighted by Gasteiger charge is 2.33. The molecular formula is C24H26ClN7O3. The lowest BCUT2D eigenvalue weighted by Crippen LogP contribution is -2.52. The third-order valence-electron chi connectivity index (χ3n) is 5.77. The van der Waals surface area contributed by atoms with Gasteiger partial charge in [-0.15, -0.1) is 10.2 Å². The fraction of sp³-hybridized carbons (Fsp3) is 0.292. The topological polar surface area (TPSA) is 135 Å². The third-order valence-corrected chi connectivity index (χ3v) is 6.02. The van der Waals surface area contributed by atoms with Crippen molar-refractivity contribution in [1.29, 1.82) is 0 Å². The number of halogens is 1.